The van der Waals surface area contributed by atoms with Gasteiger partial charge in [0.15, 0.2) is 0 Å². The fourth-order valence-corrected chi connectivity index (χ4v) is 2.79. The minimum atomic E-state index is -1.16. The van der Waals surface area contributed by atoms with E-state index in [1.807, 2.05) is 30.3 Å². The van der Waals surface area contributed by atoms with Gasteiger partial charge in [0.2, 0.25) is 17.7 Å². The van der Waals surface area contributed by atoms with Crippen LogP contribution < -0.4 is 16.0 Å². The highest BCUT2D eigenvalue weighted by molar-refractivity contribution is 5.99. The average Bonchev–Trinajstić information content (AvgIpc) is 2.63. The molecule has 2 rings (SSSR count). The summed E-state index contributed by atoms with van der Waals surface area (Å²) in [5.41, 5.74) is 0.903. The lowest BCUT2D eigenvalue weighted by Gasteiger charge is -2.29. The van der Waals surface area contributed by atoms with Crippen molar-refractivity contribution < 1.29 is 24.3 Å². The molecule has 0 radical (unpaired) electrons. The third-order valence-electron chi connectivity index (χ3n) is 4.23. The van der Waals surface area contributed by atoms with E-state index >= 15 is 0 Å². The second kappa shape index (κ2) is 9.51. The number of carbonyl (C=O) groups excluding carboxylic acids is 3. The molecule has 3 amide bonds. The zero-order valence-corrected chi connectivity index (χ0v) is 14.8. The van der Waals surface area contributed by atoms with Crippen LogP contribution >= 0.6 is 0 Å². The van der Waals surface area contributed by atoms with Crippen LogP contribution in [0.5, 0.6) is 0 Å². The molecule has 0 unspecified atom stereocenters. The molecule has 1 aromatic rings. The van der Waals surface area contributed by atoms with Crippen molar-refractivity contribution >= 4 is 23.7 Å². The van der Waals surface area contributed by atoms with E-state index in [4.69, 9.17) is 5.11 Å². The van der Waals surface area contributed by atoms with Gasteiger partial charge in [0.1, 0.15) is 18.1 Å². The fourth-order valence-electron chi connectivity index (χ4n) is 2.79. The first-order valence-electron chi connectivity index (χ1n) is 8.68. The molecule has 1 saturated heterocycles. The largest absolute Gasteiger partial charge is 0.480 e. The summed E-state index contributed by atoms with van der Waals surface area (Å²) in [5.74, 6) is -2.62. The molecular formula is C19H23N3O5. The Morgan fingerprint density at radius 1 is 1.15 bits per heavy atom. The Morgan fingerprint density at radius 2 is 1.78 bits per heavy atom. The summed E-state index contributed by atoms with van der Waals surface area (Å²) in [7, 11) is 0. The number of carboxylic acids is 1. The lowest BCUT2D eigenvalue weighted by Crippen LogP contribution is -2.63. The predicted octanol–water partition coefficient (Wildman–Crippen LogP) is 0.138. The van der Waals surface area contributed by atoms with E-state index in [0.717, 1.165) is 5.56 Å². The first kappa shape index (κ1) is 20.2. The van der Waals surface area contributed by atoms with Gasteiger partial charge in [0, 0.05) is 6.42 Å². The molecule has 8 nitrogen and oxygen atoms in total. The molecule has 0 aliphatic carbocycles. The highest BCUT2D eigenvalue weighted by Gasteiger charge is 2.35. The van der Waals surface area contributed by atoms with Gasteiger partial charge in [-0.25, -0.2) is 4.79 Å². The van der Waals surface area contributed by atoms with Crippen molar-refractivity contribution in [3.63, 3.8) is 0 Å². The Kier molecular flexibility index (Phi) is 7.10. The first-order valence-corrected chi connectivity index (χ1v) is 8.68. The van der Waals surface area contributed by atoms with Crippen molar-refractivity contribution in [2.45, 2.75) is 43.8 Å². The van der Waals surface area contributed by atoms with Gasteiger partial charge in [0.25, 0.3) is 0 Å². The van der Waals surface area contributed by atoms with Crippen molar-refractivity contribution in [2.75, 3.05) is 0 Å². The van der Waals surface area contributed by atoms with E-state index in [0.29, 0.717) is 12.8 Å². The molecule has 0 saturated carbocycles. The van der Waals surface area contributed by atoms with Crippen LogP contribution in [0.1, 0.15) is 24.8 Å². The molecular weight excluding hydrogens is 350 g/mol. The summed E-state index contributed by atoms with van der Waals surface area (Å²) in [6.07, 6.45) is 2.21. The molecule has 1 aliphatic heterocycles. The molecule has 27 heavy (non-hydrogen) atoms. The maximum absolute atomic E-state index is 12.2. The summed E-state index contributed by atoms with van der Waals surface area (Å²) in [5, 5.41) is 16.7. The third kappa shape index (κ3) is 5.95. The molecule has 4 N–H and O–H groups in total. The van der Waals surface area contributed by atoms with E-state index in [2.05, 4.69) is 22.5 Å². The Hall–Kier alpha value is -3.16. The van der Waals surface area contributed by atoms with E-state index in [1.165, 1.54) is 0 Å². The second-order valence-electron chi connectivity index (χ2n) is 6.34. The Balaban J connectivity index is 1.90. The van der Waals surface area contributed by atoms with E-state index in [-0.39, 0.29) is 18.7 Å². The van der Waals surface area contributed by atoms with Gasteiger partial charge in [-0.15, -0.1) is 6.58 Å². The predicted molar refractivity (Wildman–Crippen MR) is 97.6 cm³/mol. The normalized spacial score (nSPS) is 20.1. The van der Waals surface area contributed by atoms with E-state index in [1.54, 1.807) is 6.08 Å². The number of allylic oxidation sites excluding steroid dienone is 1. The van der Waals surface area contributed by atoms with Crippen LogP contribution in [0.4, 0.5) is 0 Å². The lowest BCUT2D eigenvalue weighted by molar-refractivity contribution is -0.143. The van der Waals surface area contributed by atoms with Crippen molar-refractivity contribution in [1.82, 2.24) is 16.0 Å². The number of nitrogens with one attached hydrogen (secondary N) is 3. The number of hydrogen-bond acceptors (Lipinski definition) is 4. The van der Waals surface area contributed by atoms with Gasteiger partial charge in [-0.05, 0) is 18.4 Å². The van der Waals surface area contributed by atoms with Gasteiger partial charge in [0.05, 0.1) is 6.42 Å². The fraction of sp³-hybridized carbons (Fsp3) is 0.368. The topological polar surface area (TPSA) is 125 Å². The Labute approximate surface area is 157 Å². The third-order valence-corrected chi connectivity index (χ3v) is 4.23. The molecule has 1 fully saturated rings. The zero-order chi connectivity index (χ0) is 19.8. The molecule has 0 aromatic heterocycles. The Morgan fingerprint density at radius 3 is 2.41 bits per heavy atom. The minimum Gasteiger partial charge on any atom is -0.480 e. The molecule has 8 heteroatoms. The molecule has 1 aliphatic rings. The SMILES string of the molecule is C=CCC[C@H](NC(=O)C[C@@H]1NC(=O)[C@H](Cc2ccccc2)NC1=O)C(=O)O. The van der Waals surface area contributed by atoms with Crippen molar-refractivity contribution in [3.8, 4) is 0 Å². The molecule has 1 heterocycles. The number of hydrogen-bond donors (Lipinski definition) is 4. The number of amides is 3. The van der Waals surface area contributed by atoms with Crippen LogP contribution in [-0.2, 0) is 25.6 Å². The molecule has 0 bridgehead atoms. The summed E-state index contributed by atoms with van der Waals surface area (Å²) < 4.78 is 0. The number of benzene rings is 1. The van der Waals surface area contributed by atoms with Crippen LogP contribution in [0, 0.1) is 0 Å². The summed E-state index contributed by atoms with van der Waals surface area (Å²) >= 11 is 0. The van der Waals surface area contributed by atoms with Crippen LogP contribution in [0.3, 0.4) is 0 Å². The van der Waals surface area contributed by atoms with Crippen molar-refractivity contribution in [2.24, 2.45) is 0 Å². The van der Waals surface area contributed by atoms with Gasteiger partial charge >= 0.3 is 5.97 Å². The van der Waals surface area contributed by atoms with Crippen LogP contribution in [-0.4, -0.2) is 46.9 Å². The summed E-state index contributed by atoms with van der Waals surface area (Å²) in [6, 6.07) is 6.45. The second-order valence-corrected chi connectivity index (χ2v) is 6.34. The average molecular weight is 373 g/mol. The highest BCUT2D eigenvalue weighted by atomic mass is 16.4. The van der Waals surface area contributed by atoms with Crippen LogP contribution in [0.2, 0.25) is 0 Å². The summed E-state index contributed by atoms with van der Waals surface area (Å²) in [6.45, 7) is 3.51. The standard InChI is InChI=1S/C19H23N3O5/c1-2-3-9-13(19(26)27)20-16(23)11-15-18(25)21-14(17(24)22-15)10-12-7-5-4-6-8-12/h2,4-8,13-15H,1,3,9-11H2,(H,20,23)(H,21,25)(H,22,24)(H,26,27)/t13-,14-,15-/m0/s1. The van der Waals surface area contributed by atoms with Crippen molar-refractivity contribution in [1.29, 1.82) is 0 Å². The van der Waals surface area contributed by atoms with Crippen LogP contribution in [0.25, 0.3) is 0 Å². The van der Waals surface area contributed by atoms with Crippen LogP contribution in [0.15, 0.2) is 43.0 Å². The molecule has 1 aromatic carbocycles. The van der Waals surface area contributed by atoms with Gasteiger partial charge in [-0.1, -0.05) is 36.4 Å². The quantitative estimate of drug-likeness (QED) is 0.458. The molecule has 3 atom stereocenters. The van der Waals surface area contributed by atoms with Gasteiger partial charge in [-0.3, -0.25) is 14.4 Å². The zero-order valence-electron chi connectivity index (χ0n) is 14.8. The number of aliphatic carboxylic acids is 1. The number of carbonyl (C=O) groups is 4. The minimum absolute atomic E-state index is 0.201. The monoisotopic (exact) mass is 373 g/mol. The van der Waals surface area contributed by atoms with Crippen molar-refractivity contribution in [3.05, 3.63) is 48.6 Å². The maximum Gasteiger partial charge on any atom is 0.326 e. The lowest BCUT2D eigenvalue weighted by atomic mass is 10.0. The molecule has 144 valence electrons. The molecule has 0 spiro atoms. The van der Waals surface area contributed by atoms with Gasteiger partial charge in [-0.2, -0.15) is 0 Å². The smallest absolute Gasteiger partial charge is 0.326 e. The number of rotatable bonds is 9. The summed E-state index contributed by atoms with van der Waals surface area (Å²) in [4.78, 5) is 47.7. The van der Waals surface area contributed by atoms with Gasteiger partial charge < -0.3 is 21.1 Å². The van der Waals surface area contributed by atoms with E-state index < -0.39 is 35.9 Å². The highest BCUT2D eigenvalue weighted by Crippen LogP contribution is 2.09. The first-order chi connectivity index (χ1) is 12.9. The van der Waals surface area contributed by atoms with E-state index in [9.17, 15) is 19.2 Å². The maximum atomic E-state index is 12.2. The number of carboxylic acid groups (broad SMARTS) is 1. The number of piperazine rings is 1. The Bertz CT molecular complexity index is 719.